The van der Waals surface area contributed by atoms with Gasteiger partial charge in [0.05, 0.1) is 22.3 Å². The van der Waals surface area contributed by atoms with Crippen molar-refractivity contribution in [2.24, 2.45) is 0 Å². The van der Waals surface area contributed by atoms with Gasteiger partial charge in [0, 0.05) is 0 Å². The Morgan fingerprint density at radius 3 is 1.42 bits per heavy atom. The predicted molar refractivity (Wildman–Crippen MR) is 131 cm³/mol. The average molecular weight is 484 g/mol. The van der Waals surface area contributed by atoms with Crippen molar-refractivity contribution in [3.8, 4) is 22.3 Å². The second kappa shape index (κ2) is 10.9. The monoisotopic (exact) mass is 484 g/mol. The summed E-state index contributed by atoms with van der Waals surface area (Å²) in [7, 11) is 0. The first-order chi connectivity index (χ1) is 16.9. The normalized spacial score (nSPS) is 11.3. The van der Waals surface area contributed by atoms with Crippen LogP contribution in [0, 0.1) is 0 Å². The van der Waals surface area contributed by atoms with Gasteiger partial charge in [-0.3, -0.25) is 0 Å². The maximum absolute atomic E-state index is 11.9. The van der Waals surface area contributed by atoms with Gasteiger partial charge >= 0.3 is 23.9 Å². The minimum Gasteiger partial charge on any atom is -0.478 e. The highest BCUT2D eigenvalue weighted by molar-refractivity contribution is 6.23. The summed E-state index contributed by atoms with van der Waals surface area (Å²) in [5, 5.41) is 18.5. The third-order valence-corrected chi connectivity index (χ3v) is 5.33. The number of ether oxygens (including phenoxy) is 1. The van der Waals surface area contributed by atoms with Gasteiger partial charge < -0.3 is 20.4 Å². The van der Waals surface area contributed by atoms with Crippen molar-refractivity contribution in [1.29, 1.82) is 0 Å². The molecule has 0 radical (unpaired) electrons. The third kappa shape index (κ3) is 5.03. The van der Waals surface area contributed by atoms with E-state index < -0.39 is 40.6 Å². The van der Waals surface area contributed by atoms with Crippen LogP contribution in [0.15, 0.2) is 97.1 Å². The highest BCUT2D eigenvalue weighted by atomic mass is 16.6. The van der Waals surface area contributed by atoms with Crippen LogP contribution in [0.5, 0.6) is 0 Å². The van der Waals surface area contributed by atoms with E-state index in [-0.39, 0.29) is 16.6 Å². The Kier molecular flexibility index (Phi) is 7.73. The minimum atomic E-state index is -1.62. The molecule has 8 heteroatoms. The number of carbonyl (C=O) groups is 4. The van der Waals surface area contributed by atoms with E-state index in [2.05, 4.69) is 53.3 Å². The molecule has 0 spiro atoms. The van der Waals surface area contributed by atoms with E-state index in [1.165, 1.54) is 11.1 Å². The molecule has 4 N–H and O–H groups in total. The van der Waals surface area contributed by atoms with Crippen molar-refractivity contribution in [1.82, 2.24) is 0 Å². The zero-order valence-electron chi connectivity index (χ0n) is 18.7. The van der Waals surface area contributed by atoms with Gasteiger partial charge in [-0.1, -0.05) is 91.0 Å². The summed E-state index contributed by atoms with van der Waals surface area (Å²) in [5.41, 5.74) is 1.07. The lowest BCUT2D eigenvalue weighted by molar-refractivity contribution is 0.0439. The van der Waals surface area contributed by atoms with Crippen LogP contribution in [0.25, 0.3) is 22.3 Å². The second-order valence-electron chi connectivity index (χ2n) is 7.48. The molecule has 1 aliphatic heterocycles. The molecule has 5 rings (SSSR count). The van der Waals surface area contributed by atoms with E-state index in [1.54, 1.807) is 30.3 Å². The van der Waals surface area contributed by atoms with Gasteiger partial charge in [-0.25, -0.2) is 19.2 Å². The highest BCUT2D eigenvalue weighted by Gasteiger charge is 2.40. The lowest BCUT2D eigenvalue weighted by atomic mass is 9.89. The largest absolute Gasteiger partial charge is 0.478 e. The van der Waals surface area contributed by atoms with E-state index in [0.717, 1.165) is 6.07 Å². The number of carboxylic acids is 2. The van der Waals surface area contributed by atoms with E-state index in [4.69, 9.17) is 0 Å². The number of hydrogen-bond acceptors (Lipinski definition) is 5. The minimum absolute atomic E-state index is 0. The SMILES string of the molecule is O.O=C(O)c1cc(-c2ccccc2)c2c(c1C(=O)O)C(=O)OC2=O.c1ccc(-c2ccccc2)cc1. The summed E-state index contributed by atoms with van der Waals surface area (Å²) in [5.74, 6) is -5.30. The van der Waals surface area contributed by atoms with Crippen LogP contribution < -0.4 is 0 Å². The van der Waals surface area contributed by atoms with Crippen LogP contribution in [0.2, 0.25) is 0 Å². The van der Waals surface area contributed by atoms with Crippen molar-refractivity contribution < 1.29 is 39.6 Å². The predicted octanol–water partition coefficient (Wildman–Crippen LogP) is 4.59. The molecule has 0 unspecified atom stereocenters. The molecule has 0 fully saturated rings. The van der Waals surface area contributed by atoms with Gasteiger partial charge in [-0.05, 0) is 28.3 Å². The zero-order valence-corrected chi connectivity index (χ0v) is 18.7. The number of hydrogen-bond donors (Lipinski definition) is 2. The molecule has 8 nitrogen and oxygen atoms in total. The first kappa shape index (κ1) is 25.5. The second-order valence-corrected chi connectivity index (χ2v) is 7.48. The lowest BCUT2D eigenvalue weighted by Gasteiger charge is -2.10. The molecule has 0 saturated carbocycles. The van der Waals surface area contributed by atoms with Gasteiger partial charge in [-0.2, -0.15) is 0 Å². The zero-order chi connectivity index (χ0) is 24.9. The molecule has 4 aromatic carbocycles. The molecule has 0 aliphatic carbocycles. The van der Waals surface area contributed by atoms with E-state index in [0.29, 0.717) is 5.56 Å². The Morgan fingerprint density at radius 2 is 1.00 bits per heavy atom. The number of aromatic carboxylic acids is 2. The maximum atomic E-state index is 11.9. The Balaban J connectivity index is 0.000000234. The number of benzene rings is 4. The molecule has 1 aliphatic rings. The van der Waals surface area contributed by atoms with Crippen LogP contribution in [0.3, 0.4) is 0 Å². The summed E-state index contributed by atoms with van der Waals surface area (Å²) in [4.78, 5) is 46.6. The van der Waals surface area contributed by atoms with Crippen LogP contribution in [0.4, 0.5) is 0 Å². The summed E-state index contributed by atoms with van der Waals surface area (Å²) in [6.07, 6.45) is 0. The molecular formula is C28H20O8. The fourth-order valence-electron chi connectivity index (χ4n) is 3.78. The van der Waals surface area contributed by atoms with Crippen LogP contribution in [0.1, 0.15) is 41.4 Å². The van der Waals surface area contributed by atoms with Crippen molar-refractivity contribution in [2.75, 3.05) is 0 Å². The average Bonchev–Trinajstić information content (AvgIpc) is 3.18. The molecular weight excluding hydrogens is 464 g/mol. The Labute approximate surface area is 205 Å². The van der Waals surface area contributed by atoms with E-state index in [9.17, 15) is 29.4 Å². The molecule has 36 heavy (non-hydrogen) atoms. The number of rotatable bonds is 4. The van der Waals surface area contributed by atoms with Gasteiger partial charge in [0.2, 0.25) is 0 Å². The Morgan fingerprint density at radius 1 is 0.583 bits per heavy atom. The summed E-state index contributed by atoms with van der Waals surface area (Å²) < 4.78 is 4.49. The first-order valence-corrected chi connectivity index (χ1v) is 10.5. The van der Waals surface area contributed by atoms with Gasteiger partial charge in [-0.15, -0.1) is 0 Å². The Bertz CT molecular complexity index is 1390. The lowest BCUT2D eigenvalue weighted by Crippen LogP contribution is -2.15. The molecule has 0 saturated heterocycles. The van der Waals surface area contributed by atoms with Crippen LogP contribution >= 0.6 is 0 Å². The molecule has 1 heterocycles. The van der Waals surface area contributed by atoms with Gasteiger partial charge in [0.25, 0.3) is 0 Å². The van der Waals surface area contributed by atoms with E-state index in [1.807, 2.05) is 12.1 Å². The first-order valence-electron chi connectivity index (χ1n) is 10.5. The van der Waals surface area contributed by atoms with Crippen molar-refractivity contribution >= 4 is 23.9 Å². The quantitative estimate of drug-likeness (QED) is 0.318. The van der Waals surface area contributed by atoms with Crippen molar-refractivity contribution in [2.45, 2.75) is 0 Å². The molecule has 4 aromatic rings. The number of carbonyl (C=O) groups excluding carboxylic acids is 2. The smallest absolute Gasteiger partial charge is 0.347 e. The fraction of sp³-hybridized carbons (Fsp3) is 0. The number of fused-ring (bicyclic) bond motifs is 1. The summed E-state index contributed by atoms with van der Waals surface area (Å²) >= 11 is 0. The Hall–Kier alpha value is -5.08. The summed E-state index contributed by atoms with van der Waals surface area (Å²) in [6.45, 7) is 0. The molecule has 0 aromatic heterocycles. The molecule has 0 amide bonds. The molecule has 0 atom stereocenters. The third-order valence-electron chi connectivity index (χ3n) is 5.33. The van der Waals surface area contributed by atoms with Gasteiger partial charge in [0.15, 0.2) is 0 Å². The topological polar surface area (TPSA) is 149 Å². The van der Waals surface area contributed by atoms with Gasteiger partial charge in [0.1, 0.15) is 0 Å². The maximum Gasteiger partial charge on any atom is 0.347 e. The van der Waals surface area contributed by atoms with Crippen molar-refractivity contribution in [3.05, 3.63) is 119 Å². The van der Waals surface area contributed by atoms with Crippen molar-refractivity contribution in [3.63, 3.8) is 0 Å². The molecule has 180 valence electrons. The fourth-order valence-corrected chi connectivity index (χ4v) is 3.78. The number of esters is 2. The highest BCUT2D eigenvalue weighted by Crippen LogP contribution is 2.36. The van der Waals surface area contributed by atoms with Crippen LogP contribution in [-0.2, 0) is 4.74 Å². The van der Waals surface area contributed by atoms with E-state index >= 15 is 0 Å². The standard InChI is InChI=1S/C16H8O7.C12H10.H2O/c17-13(18)9-6-8(7-4-2-1-3-5-7)11-12(10(9)14(19)20)16(22)23-15(11)21;1-3-7-11(8-4-1)12-9-5-2-6-10-12;/h1-6H,(H,17,18)(H,19,20);1-10H;1H2. The summed E-state index contributed by atoms with van der Waals surface area (Å²) in [6, 6.07) is 30.1. The van der Waals surface area contributed by atoms with Crippen LogP contribution in [-0.4, -0.2) is 39.6 Å². The number of cyclic esters (lactones) is 2. The number of carboxylic acid groups (broad SMARTS) is 2. The molecule has 0 bridgehead atoms.